The molecule has 2 aliphatic carbocycles. The van der Waals surface area contributed by atoms with E-state index >= 15 is 0 Å². The Labute approximate surface area is 88.7 Å². The normalized spacial score (nSPS) is 37.7. The van der Waals surface area contributed by atoms with E-state index in [0.717, 1.165) is 30.2 Å². The number of hydrogen-bond acceptors (Lipinski definition) is 1. The molecule has 0 aromatic rings. The molecule has 0 aliphatic heterocycles. The second-order valence-corrected chi connectivity index (χ2v) is 5.58. The SMILES string of the molecule is CCNCC(C)CC1CC2CCC1C2. The van der Waals surface area contributed by atoms with Gasteiger partial charge in [0, 0.05) is 0 Å². The fourth-order valence-electron chi connectivity index (χ4n) is 3.66. The van der Waals surface area contributed by atoms with E-state index < -0.39 is 0 Å². The Morgan fingerprint density at radius 3 is 2.71 bits per heavy atom. The lowest BCUT2D eigenvalue weighted by Gasteiger charge is -2.24. The third-order valence-corrected chi connectivity index (χ3v) is 4.33. The van der Waals surface area contributed by atoms with Gasteiger partial charge in [0.15, 0.2) is 0 Å². The van der Waals surface area contributed by atoms with E-state index in [0.29, 0.717) is 0 Å². The van der Waals surface area contributed by atoms with Crippen LogP contribution < -0.4 is 5.32 Å². The van der Waals surface area contributed by atoms with Crippen molar-refractivity contribution in [2.75, 3.05) is 13.1 Å². The summed E-state index contributed by atoms with van der Waals surface area (Å²) in [5, 5.41) is 3.47. The summed E-state index contributed by atoms with van der Waals surface area (Å²) in [4.78, 5) is 0. The van der Waals surface area contributed by atoms with Gasteiger partial charge in [-0.15, -0.1) is 0 Å². The van der Waals surface area contributed by atoms with Crippen molar-refractivity contribution < 1.29 is 0 Å². The zero-order chi connectivity index (χ0) is 9.97. The van der Waals surface area contributed by atoms with Crippen LogP contribution in [-0.2, 0) is 0 Å². The van der Waals surface area contributed by atoms with Gasteiger partial charge >= 0.3 is 0 Å². The first-order valence-corrected chi connectivity index (χ1v) is 6.50. The molecule has 2 aliphatic rings. The van der Waals surface area contributed by atoms with Gasteiger partial charge in [-0.3, -0.25) is 0 Å². The van der Waals surface area contributed by atoms with E-state index in [1.165, 1.54) is 13.0 Å². The summed E-state index contributed by atoms with van der Waals surface area (Å²) >= 11 is 0. The minimum absolute atomic E-state index is 0.888. The standard InChI is InChI=1S/C13H25N/c1-3-14-9-10(2)6-13-8-11-4-5-12(13)7-11/h10-14H,3-9H2,1-2H3. The maximum absolute atomic E-state index is 3.47. The summed E-state index contributed by atoms with van der Waals surface area (Å²) in [6.45, 7) is 6.96. The van der Waals surface area contributed by atoms with Gasteiger partial charge in [0.2, 0.25) is 0 Å². The van der Waals surface area contributed by atoms with Crippen molar-refractivity contribution in [1.82, 2.24) is 5.32 Å². The van der Waals surface area contributed by atoms with Crippen molar-refractivity contribution in [1.29, 1.82) is 0 Å². The molecule has 4 atom stereocenters. The second-order valence-electron chi connectivity index (χ2n) is 5.58. The van der Waals surface area contributed by atoms with Crippen LogP contribution >= 0.6 is 0 Å². The lowest BCUT2D eigenvalue weighted by Crippen LogP contribution is -2.24. The average Bonchev–Trinajstić information content (AvgIpc) is 2.76. The van der Waals surface area contributed by atoms with Crippen LogP contribution in [0.3, 0.4) is 0 Å². The zero-order valence-corrected chi connectivity index (χ0v) is 9.76. The van der Waals surface area contributed by atoms with Gasteiger partial charge in [-0.25, -0.2) is 0 Å². The van der Waals surface area contributed by atoms with Crippen LogP contribution in [0.4, 0.5) is 0 Å². The molecule has 82 valence electrons. The number of nitrogens with one attached hydrogen (secondary N) is 1. The maximum Gasteiger partial charge on any atom is -0.00232 e. The van der Waals surface area contributed by atoms with Crippen LogP contribution in [0.15, 0.2) is 0 Å². The predicted molar refractivity (Wildman–Crippen MR) is 61.3 cm³/mol. The first-order valence-electron chi connectivity index (χ1n) is 6.50. The number of rotatable bonds is 5. The van der Waals surface area contributed by atoms with E-state index in [-0.39, 0.29) is 0 Å². The number of fused-ring (bicyclic) bond motifs is 2. The van der Waals surface area contributed by atoms with Gasteiger partial charge in [0.05, 0.1) is 0 Å². The molecular formula is C13H25N. The van der Waals surface area contributed by atoms with Gasteiger partial charge in [-0.2, -0.15) is 0 Å². The highest BCUT2D eigenvalue weighted by Gasteiger charge is 2.39. The predicted octanol–water partition coefficient (Wildman–Crippen LogP) is 3.06. The molecule has 1 heteroatoms. The van der Waals surface area contributed by atoms with Gasteiger partial charge in [0.1, 0.15) is 0 Å². The van der Waals surface area contributed by atoms with Crippen molar-refractivity contribution in [2.45, 2.75) is 46.0 Å². The summed E-state index contributed by atoms with van der Waals surface area (Å²) < 4.78 is 0. The molecule has 0 aromatic heterocycles. The Morgan fingerprint density at radius 1 is 1.29 bits per heavy atom. The molecule has 0 saturated heterocycles. The molecular weight excluding hydrogens is 170 g/mol. The molecule has 1 nitrogen and oxygen atoms in total. The third kappa shape index (κ3) is 2.31. The van der Waals surface area contributed by atoms with Crippen molar-refractivity contribution in [3.8, 4) is 0 Å². The fourth-order valence-corrected chi connectivity index (χ4v) is 3.66. The first-order chi connectivity index (χ1) is 6.79. The second kappa shape index (κ2) is 4.65. The topological polar surface area (TPSA) is 12.0 Å². The monoisotopic (exact) mass is 195 g/mol. The molecule has 2 rings (SSSR count). The van der Waals surface area contributed by atoms with E-state index in [1.807, 2.05) is 0 Å². The molecule has 4 unspecified atom stereocenters. The fraction of sp³-hybridized carbons (Fsp3) is 1.00. The average molecular weight is 195 g/mol. The van der Waals surface area contributed by atoms with Crippen LogP contribution in [0.1, 0.15) is 46.0 Å². The van der Waals surface area contributed by atoms with Crippen molar-refractivity contribution in [3.05, 3.63) is 0 Å². The summed E-state index contributed by atoms with van der Waals surface area (Å²) in [6.07, 6.45) is 7.69. The quantitative estimate of drug-likeness (QED) is 0.711. The Balaban J connectivity index is 1.70. The molecule has 1 N–H and O–H groups in total. The van der Waals surface area contributed by atoms with E-state index in [9.17, 15) is 0 Å². The molecule has 0 spiro atoms. The number of hydrogen-bond donors (Lipinski definition) is 1. The highest BCUT2D eigenvalue weighted by atomic mass is 14.8. The van der Waals surface area contributed by atoms with Crippen molar-refractivity contribution in [2.24, 2.45) is 23.7 Å². The van der Waals surface area contributed by atoms with E-state index in [2.05, 4.69) is 19.2 Å². The van der Waals surface area contributed by atoms with Crippen LogP contribution in [-0.4, -0.2) is 13.1 Å². The third-order valence-electron chi connectivity index (χ3n) is 4.33. The molecule has 0 radical (unpaired) electrons. The Hall–Kier alpha value is -0.0400. The maximum atomic E-state index is 3.47. The Morgan fingerprint density at radius 2 is 2.14 bits per heavy atom. The molecule has 14 heavy (non-hydrogen) atoms. The Bertz CT molecular complexity index is 178. The lowest BCUT2D eigenvalue weighted by molar-refractivity contribution is 0.272. The van der Waals surface area contributed by atoms with Crippen LogP contribution in [0, 0.1) is 23.7 Å². The summed E-state index contributed by atoms with van der Waals surface area (Å²) in [5.74, 6) is 4.21. The molecule has 0 aromatic carbocycles. The minimum Gasteiger partial charge on any atom is -0.317 e. The molecule has 2 fully saturated rings. The van der Waals surface area contributed by atoms with Gasteiger partial charge < -0.3 is 5.32 Å². The first kappa shape index (κ1) is 10.5. The largest absolute Gasteiger partial charge is 0.317 e. The molecule has 2 saturated carbocycles. The van der Waals surface area contributed by atoms with Gasteiger partial charge in [-0.1, -0.05) is 20.3 Å². The van der Waals surface area contributed by atoms with Crippen LogP contribution in [0.5, 0.6) is 0 Å². The minimum atomic E-state index is 0.888. The highest BCUT2D eigenvalue weighted by molar-refractivity contribution is 4.90. The van der Waals surface area contributed by atoms with E-state index in [4.69, 9.17) is 0 Å². The zero-order valence-electron chi connectivity index (χ0n) is 9.76. The van der Waals surface area contributed by atoms with Crippen LogP contribution in [0.25, 0.3) is 0 Å². The van der Waals surface area contributed by atoms with E-state index in [1.54, 1.807) is 25.7 Å². The Kier molecular flexibility index (Phi) is 3.48. The summed E-state index contributed by atoms with van der Waals surface area (Å²) in [6, 6.07) is 0. The smallest absolute Gasteiger partial charge is 0.00232 e. The molecule has 2 bridgehead atoms. The summed E-state index contributed by atoms with van der Waals surface area (Å²) in [5.41, 5.74) is 0. The summed E-state index contributed by atoms with van der Waals surface area (Å²) in [7, 11) is 0. The van der Waals surface area contributed by atoms with Gasteiger partial charge in [-0.05, 0) is 62.4 Å². The molecule has 0 amide bonds. The highest BCUT2D eigenvalue weighted by Crippen LogP contribution is 2.50. The van der Waals surface area contributed by atoms with Gasteiger partial charge in [0.25, 0.3) is 0 Å². The lowest BCUT2D eigenvalue weighted by atomic mass is 9.82. The van der Waals surface area contributed by atoms with Crippen molar-refractivity contribution >= 4 is 0 Å². The van der Waals surface area contributed by atoms with Crippen LogP contribution in [0.2, 0.25) is 0 Å². The van der Waals surface area contributed by atoms with Crippen molar-refractivity contribution in [3.63, 3.8) is 0 Å². The molecule has 0 heterocycles.